The second kappa shape index (κ2) is 5.02. The van der Waals surface area contributed by atoms with E-state index in [4.69, 9.17) is 16.3 Å². The van der Waals surface area contributed by atoms with Crippen molar-refractivity contribution in [2.75, 3.05) is 6.61 Å². The van der Waals surface area contributed by atoms with Crippen molar-refractivity contribution in [2.45, 2.75) is 12.5 Å². The van der Waals surface area contributed by atoms with Gasteiger partial charge in [0.25, 0.3) is 0 Å². The fraction of sp³-hybridized carbons (Fsp3) is 0.176. The highest BCUT2D eigenvalue weighted by molar-refractivity contribution is 7.19. The van der Waals surface area contributed by atoms with Crippen molar-refractivity contribution in [1.29, 1.82) is 0 Å². The summed E-state index contributed by atoms with van der Waals surface area (Å²) in [5, 5.41) is 12.6. The fourth-order valence-electron chi connectivity index (χ4n) is 2.79. The number of hydrogen-bond acceptors (Lipinski definition) is 3. The van der Waals surface area contributed by atoms with Gasteiger partial charge in [-0.3, -0.25) is 0 Å². The number of benzene rings is 2. The van der Waals surface area contributed by atoms with E-state index in [1.54, 1.807) is 17.4 Å². The van der Waals surface area contributed by atoms with E-state index in [0.29, 0.717) is 11.6 Å². The predicted octanol–water partition coefficient (Wildman–Crippen LogP) is 4.57. The first-order chi connectivity index (χ1) is 10.2. The third-order valence-electron chi connectivity index (χ3n) is 3.79. The molecule has 2 aromatic carbocycles. The van der Waals surface area contributed by atoms with Crippen LogP contribution in [0.3, 0.4) is 0 Å². The van der Waals surface area contributed by atoms with Gasteiger partial charge in [-0.2, -0.15) is 0 Å². The average Bonchev–Trinajstić information content (AvgIpc) is 3.11. The number of aliphatic hydroxyl groups is 1. The van der Waals surface area contributed by atoms with Crippen molar-refractivity contribution < 1.29 is 9.84 Å². The highest BCUT2D eigenvalue weighted by Gasteiger charge is 2.24. The highest BCUT2D eigenvalue weighted by atomic mass is 35.5. The van der Waals surface area contributed by atoms with Crippen LogP contribution in [0.5, 0.6) is 5.75 Å². The summed E-state index contributed by atoms with van der Waals surface area (Å²) in [5.74, 6) is 0.796. The Morgan fingerprint density at radius 1 is 1.19 bits per heavy atom. The topological polar surface area (TPSA) is 29.5 Å². The Balaban J connectivity index is 1.83. The van der Waals surface area contributed by atoms with Gasteiger partial charge in [-0.15, -0.1) is 11.3 Å². The van der Waals surface area contributed by atoms with Gasteiger partial charge in [0, 0.05) is 26.6 Å². The van der Waals surface area contributed by atoms with E-state index < -0.39 is 6.10 Å². The van der Waals surface area contributed by atoms with Crippen LogP contribution >= 0.6 is 22.9 Å². The van der Waals surface area contributed by atoms with Crippen LogP contribution in [0.1, 0.15) is 22.1 Å². The van der Waals surface area contributed by atoms with E-state index in [1.807, 2.05) is 24.3 Å². The second-order valence-corrected chi connectivity index (χ2v) is 6.72. The number of rotatable bonds is 2. The zero-order valence-electron chi connectivity index (χ0n) is 11.2. The van der Waals surface area contributed by atoms with Crippen LogP contribution in [0.15, 0.2) is 42.5 Å². The maximum atomic E-state index is 10.8. The molecule has 21 heavy (non-hydrogen) atoms. The number of aliphatic hydroxyl groups excluding tert-OH is 1. The first-order valence-electron chi connectivity index (χ1n) is 6.84. The minimum absolute atomic E-state index is 0.648. The van der Waals surface area contributed by atoms with Crippen LogP contribution in [-0.2, 0) is 6.42 Å². The van der Waals surface area contributed by atoms with E-state index in [2.05, 4.69) is 12.1 Å². The van der Waals surface area contributed by atoms with E-state index in [-0.39, 0.29) is 0 Å². The minimum atomic E-state index is -0.701. The molecule has 0 radical (unpaired) electrons. The normalized spacial score (nSPS) is 15.0. The molecule has 4 heteroatoms. The molecule has 4 rings (SSSR count). The summed E-state index contributed by atoms with van der Waals surface area (Å²) in [4.78, 5) is 0.913. The van der Waals surface area contributed by atoms with Crippen LogP contribution in [0, 0.1) is 0 Å². The summed E-state index contributed by atoms with van der Waals surface area (Å²) in [6.45, 7) is 0.655. The van der Waals surface area contributed by atoms with Crippen molar-refractivity contribution in [3.8, 4) is 5.75 Å². The summed E-state index contributed by atoms with van der Waals surface area (Å²) < 4.78 is 6.86. The lowest BCUT2D eigenvalue weighted by Gasteiger charge is -2.14. The molecule has 2 nitrogen and oxygen atoms in total. The Bertz CT molecular complexity index is 792. The van der Waals surface area contributed by atoms with Crippen LogP contribution in [0.25, 0.3) is 10.1 Å². The number of hydrogen-bond donors (Lipinski definition) is 1. The molecule has 2 heterocycles. The van der Waals surface area contributed by atoms with E-state index in [9.17, 15) is 5.11 Å². The van der Waals surface area contributed by atoms with E-state index in [1.165, 1.54) is 4.70 Å². The summed E-state index contributed by atoms with van der Waals surface area (Å²) in [5.41, 5.74) is 1.85. The van der Waals surface area contributed by atoms with E-state index in [0.717, 1.165) is 33.6 Å². The number of halogens is 1. The van der Waals surface area contributed by atoms with Gasteiger partial charge in [0.15, 0.2) is 0 Å². The lowest BCUT2D eigenvalue weighted by Crippen LogP contribution is -2.00. The Morgan fingerprint density at radius 2 is 2.05 bits per heavy atom. The Labute approximate surface area is 131 Å². The Morgan fingerprint density at radius 3 is 2.90 bits per heavy atom. The van der Waals surface area contributed by atoms with Crippen molar-refractivity contribution in [3.63, 3.8) is 0 Å². The number of thiophene rings is 1. The molecular formula is C17H13ClO2S. The largest absolute Gasteiger partial charge is 0.493 e. The molecule has 1 aliphatic heterocycles. The van der Waals surface area contributed by atoms with Gasteiger partial charge in [-0.1, -0.05) is 29.8 Å². The first kappa shape index (κ1) is 13.1. The molecule has 1 unspecified atom stereocenters. The van der Waals surface area contributed by atoms with Crippen molar-refractivity contribution in [3.05, 3.63) is 63.5 Å². The molecule has 0 spiro atoms. The summed E-state index contributed by atoms with van der Waals surface area (Å²) in [6, 6.07) is 13.9. The predicted molar refractivity (Wildman–Crippen MR) is 86.5 cm³/mol. The lowest BCUT2D eigenvalue weighted by atomic mass is 10.0. The average molecular weight is 317 g/mol. The lowest BCUT2D eigenvalue weighted by molar-refractivity contribution is 0.217. The molecule has 106 valence electrons. The SMILES string of the molecule is OC(c1cc2ccccc2s1)c1cc(Cl)cc2c1OCC2. The molecule has 1 aliphatic rings. The van der Waals surface area contributed by atoms with Crippen LogP contribution in [0.2, 0.25) is 5.02 Å². The summed E-state index contributed by atoms with van der Waals surface area (Å²) >= 11 is 7.78. The molecule has 1 aromatic heterocycles. The van der Waals surface area contributed by atoms with Gasteiger partial charge in [-0.05, 0) is 35.2 Å². The standard InChI is InChI=1S/C17H13ClO2S/c18-12-7-11-5-6-20-17(11)13(9-12)16(19)15-8-10-3-1-2-4-14(10)21-15/h1-4,7-9,16,19H,5-6H2. The van der Waals surface area contributed by atoms with Gasteiger partial charge in [-0.25, -0.2) is 0 Å². The summed E-state index contributed by atoms with van der Waals surface area (Å²) in [7, 11) is 0. The fourth-order valence-corrected chi connectivity index (χ4v) is 4.11. The van der Waals surface area contributed by atoms with Crippen LogP contribution in [0.4, 0.5) is 0 Å². The maximum absolute atomic E-state index is 10.8. The molecular weight excluding hydrogens is 304 g/mol. The summed E-state index contributed by atoms with van der Waals surface area (Å²) in [6.07, 6.45) is 0.148. The maximum Gasteiger partial charge on any atom is 0.128 e. The van der Waals surface area contributed by atoms with Crippen molar-refractivity contribution >= 4 is 33.0 Å². The van der Waals surface area contributed by atoms with Crippen molar-refractivity contribution in [2.24, 2.45) is 0 Å². The smallest absolute Gasteiger partial charge is 0.128 e. The van der Waals surface area contributed by atoms with Gasteiger partial charge in [0.1, 0.15) is 11.9 Å². The molecule has 0 amide bonds. The quantitative estimate of drug-likeness (QED) is 0.750. The first-order valence-corrected chi connectivity index (χ1v) is 8.03. The Kier molecular flexibility index (Phi) is 3.14. The zero-order valence-corrected chi connectivity index (χ0v) is 12.7. The van der Waals surface area contributed by atoms with Crippen LogP contribution in [-0.4, -0.2) is 11.7 Å². The molecule has 3 aromatic rings. The Hall–Kier alpha value is -1.55. The minimum Gasteiger partial charge on any atom is -0.493 e. The van der Waals surface area contributed by atoms with Gasteiger partial charge >= 0.3 is 0 Å². The molecule has 0 saturated heterocycles. The van der Waals surface area contributed by atoms with Gasteiger partial charge in [0.2, 0.25) is 0 Å². The van der Waals surface area contributed by atoms with Gasteiger partial charge in [0.05, 0.1) is 6.61 Å². The molecule has 0 fully saturated rings. The molecule has 0 bridgehead atoms. The van der Waals surface area contributed by atoms with Crippen molar-refractivity contribution in [1.82, 2.24) is 0 Å². The third kappa shape index (κ3) is 2.22. The number of fused-ring (bicyclic) bond motifs is 2. The number of ether oxygens (including phenoxy) is 1. The van der Waals surface area contributed by atoms with E-state index >= 15 is 0 Å². The highest BCUT2D eigenvalue weighted by Crippen LogP contribution is 2.41. The molecule has 0 aliphatic carbocycles. The van der Waals surface area contributed by atoms with Gasteiger partial charge < -0.3 is 9.84 Å². The monoisotopic (exact) mass is 316 g/mol. The molecule has 1 N–H and O–H groups in total. The third-order valence-corrected chi connectivity index (χ3v) is 5.17. The molecule has 1 atom stereocenters. The molecule has 0 saturated carbocycles. The van der Waals surface area contributed by atoms with Crippen LogP contribution < -0.4 is 4.74 Å². The second-order valence-electron chi connectivity index (χ2n) is 5.17. The zero-order chi connectivity index (χ0) is 14.4.